The van der Waals surface area contributed by atoms with Crippen LogP contribution in [-0.2, 0) is 13.0 Å². The number of methoxy groups -OCH3 is 1. The van der Waals surface area contributed by atoms with Gasteiger partial charge in [-0.05, 0) is 43.5 Å². The molecule has 0 heterocycles. The van der Waals surface area contributed by atoms with Gasteiger partial charge >= 0.3 is 0 Å². The van der Waals surface area contributed by atoms with E-state index >= 15 is 0 Å². The molecule has 0 fully saturated rings. The Morgan fingerprint density at radius 1 is 1.00 bits per heavy atom. The molecule has 2 rings (SSSR count). The van der Waals surface area contributed by atoms with E-state index in [0.717, 1.165) is 18.4 Å². The summed E-state index contributed by atoms with van der Waals surface area (Å²) in [6.45, 7) is 0.945. The fourth-order valence-electron chi connectivity index (χ4n) is 2.30. The molecule has 2 aromatic carbocycles. The number of unbranched alkanes of at least 4 members (excludes halogenated alkanes) is 1. The molecular formula is C18H22FNO2. The normalized spacial score (nSPS) is 10.5. The first-order valence-electron chi connectivity index (χ1n) is 7.48. The molecule has 0 aliphatic heterocycles. The van der Waals surface area contributed by atoms with Crippen molar-refractivity contribution in [3.63, 3.8) is 0 Å². The highest BCUT2D eigenvalue weighted by molar-refractivity contribution is 5.42. The monoisotopic (exact) mass is 303 g/mol. The van der Waals surface area contributed by atoms with Gasteiger partial charge in [0.05, 0.1) is 7.11 Å². The summed E-state index contributed by atoms with van der Waals surface area (Å²) in [6.07, 6.45) is 2.28. The van der Waals surface area contributed by atoms with Crippen molar-refractivity contribution in [3.05, 3.63) is 59.4 Å². The number of hydrogen-bond donors (Lipinski definition) is 1. The average molecular weight is 303 g/mol. The average Bonchev–Trinajstić information content (AvgIpc) is 2.56. The smallest absolute Gasteiger partial charge is 0.171 e. The Morgan fingerprint density at radius 3 is 2.41 bits per heavy atom. The van der Waals surface area contributed by atoms with Crippen LogP contribution in [0, 0.1) is 5.82 Å². The number of nitrogens with two attached hydrogens (primary N) is 1. The Kier molecular flexibility index (Phi) is 6.22. The van der Waals surface area contributed by atoms with Gasteiger partial charge in [0.15, 0.2) is 11.6 Å². The summed E-state index contributed by atoms with van der Waals surface area (Å²) < 4.78 is 25.5. The maximum absolute atomic E-state index is 14.6. The molecule has 0 saturated carbocycles. The second-order valence-corrected chi connectivity index (χ2v) is 5.08. The first-order valence-corrected chi connectivity index (χ1v) is 7.48. The Morgan fingerprint density at radius 2 is 1.73 bits per heavy atom. The molecule has 0 aromatic heterocycles. The molecule has 0 atom stereocenters. The van der Waals surface area contributed by atoms with E-state index in [0.29, 0.717) is 30.9 Å². The van der Waals surface area contributed by atoms with Crippen LogP contribution < -0.4 is 15.2 Å². The summed E-state index contributed by atoms with van der Waals surface area (Å²) in [6, 6.07) is 13.1. The van der Waals surface area contributed by atoms with Crippen LogP contribution in [0.25, 0.3) is 0 Å². The minimum absolute atomic E-state index is 0.257. The van der Waals surface area contributed by atoms with Crippen molar-refractivity contribution < 1.29 is 13.9 Å². The van der Waals surface area contributed by atoms with Crippen LogP contribution in [0.2, 0.25) is 0 Å². The zero-order chi connectivity index (χ0) is 15.8. The van der Waals surface area contributed by atoms with E-state index in [-0.39, 0.29) is 11.6 Å². The summed E-state index contributed by atoms with van der Waals surface area (Å²) in [5.41, 5.74) is 7.05. The highest BCUT2D eigenvalue weighted by Gasteiger charge is 2.15. The lowest BCUT2D eigenvalue weighted by molar-refractivity contribution is 0.287. The van der Waals surface area contributed by atoms with E-state index in [4.69, 9.17) is 15.2 Å². The van der Waals surface area contributed by atoms with Crippen molar-refractivity contribution in [2.75, 3.05) is 13.7 Å². The van der Waals surface area contributed by atoms with Gasteiger partial charge in [-0.15, -0.1) is 0 Å². The van der Waals surface area contributed by atoms with Gasteiger partial charge in [-0.1, -0.05) is 30.3 Å². The van der Waals surface area contributed by atoms with Gasteiger partial charge in [0.1, 0.15) is 12.4 Å². The van der Waals surface area contributed by atoms with E-state index in [9.17, 15) is 4.39 Å². The molecule has 3 nitrogen and oxygen atoms in total. The molecule has 0 unspecified atom stereocenters. The van der Waals surface area contributed by atoms with Crippen molar-refractivity contribution in [1.82, 2.24) is 0 Å². The van der Waals surface area contributed by atoms with Crippen molar-refractivity contribution in [2.45, 2.75) is 25.9 Å². The van der Waals surface area contributed by atoms with E-state index in [1.54, 1.807) is 19.2 Å². The van der Waals surface area contributed by atoms with Gasteiger partial charge in [-0.25, -0.2) is 4.39 Å². The molecule has 0 aliphatic rings. The Labute approximate surface area is 130 Å². The van der Waals surface area contributed by atoms with Crippen molar-refractivity contribution in [1.29, 1.82) is 0 Å². The third kappa shape index (κ3) is 4.21. The Balaban J connectivity index is 2.12. The second-order valence-electron chi connectivity index (χ2n) is 5.08. The number of ether oxygens (including phenoxy) is 2. The summed E-state index contributed by atoms with van der Waals surface area (Å²) in [5.74, 6) is 0.473. The zero-order valence-corrected chi connectivity index (χ0v) is 12.8. The third-order valence-electron chi connectivity index (χ3n) is 3.50. The van der Waals surface area contributed by atoms with Crippen LogP contribution >= 0.6 is 0 Å². The SMILES string of the molecule is COc1ccc(OCc2ccccc2)c(F)c1CCCCN. The quantitative estimate of drug-likeness (QED) is 0.756. The lowest BCUT2D eigenvalue weighted by Gasteiger charge is -2.14. The fraction of sp³-hybridized carbons (Fsp3) is 0.333. The van der Waals surface area contributed by atoms with Crippen LogP contribution in [0.5, 0.6) is 11.5 Å². The zero-order valence-electron chi connectivity index (χ0n) is 12.8. The van der Waals surface area contributed by atoms with Crippen LogP contribution in [0.4, 0.5) is 4.39 Å². The number of halogens is 1. The molecule has 0 spiro atoms. The summed E-state index contributed by atoms with van der Waals surface area (Å²) in [7, 11) is 1.55. The largest absolute Gasteiger partial charge is 0.496 e. The molecule has 2 aromatic rings. The fourth-order valence-corrected chi connectivity index (χ4v) is 2.30. The Hall–Kier alpha value is -2.07. The van der Waals surface area contributed by atoms with E-state index < -0.39 is 0 Å². The molecular weight excluding hydrogens is 281 g/mol. The van der Waals surface area contributed by atoms with Crippen molar-refractivity contribution in [2.24, 2.45) is 5.73 Å². The second kappa shape index (κ2) is 8.39. The molecule has 0 aliphatic carbocycles. The molecule has 0 bridgehead atoms. The highest BCUT2D eigenvalue weighted by atomic mass is 19.1. The molecule has 0 amide bonds. The first kappa shape index (κ1) is 16.3. The lowest BCUT2D eigenvalue weighted by atomic mass is 10.1. The number of hydrogen-bond acceptors (Lipinski definition) is 3. The minimum Gasteiger partial charge on any atom is -0.496 e. The Bertz CT molecular complexity index is 587. The topological polar surface area (TPSA) is 44.5 Å². The van der Waals surface area contributed by atoms with Gasteiger partial charge < -0.3 is 15.2 Å². The standard InChI is InChI=1S/C18H22FNO2/c1-21-16-10-11-17(18(19)15(16)9-5-6-12-20)22-13-14-7-3-2-4-8-14/h2-4,7-8,10-11H,5-6,9,12-13,20H2,1H3. The summed E-state index contributed by atoms with van der Waals surface area (Å²) in [5, 5.41) is 0. The van der Waals surface area contributed by atoms with Gasteiger partial charge in [0, 0.05) is 5.56 Å². The van der Waals surface area contributed by atoms with Crippen molar-refractivity contribution in [3.8, 4) is 11.5 Å². The van der Waals surface area contributed by atoms with Crippen LogP contribution in [0.3, 0.4) is 0 Å². The number of benzene rings is 2. The maximum Gasteiger partial charge on any atom is 0.171 e. The summed E-state index contributed by atoms with van der Waals surface area (Å²) >= 11 is 0. The third-order valence-corrected chi connectivity index (χ3v) is 3.50. The molecule has 22 heavy (non-hydrogen) atoms. The molecule has 2 N–H and O–H groups in total. The molecule has 118 valence electrons. The maximum atomic E-state index is 14.6. The summed E-state index contributed by atoms with van der Waals surface area (Å²) in [4.78, 5) is 0. The van der Waals surface area contributed by atoms with Gasteiger partial charge in [-0.2, -0.15) is 0 Å². The van der Waals surface area contributed by atoms with Crippen LogP contribution in [-0.4, -0.2) is 13.7 Å². The highest BCUT2D eigenvalue weighted by Crippen LogP contribution is 2.30. The predicted molar refractivity (Wildman–Crippen MR) is 85.7 cm³/mol. The minimum atomic E-state index is -0.340. The van der Waals surface area contributed by atoms with E-state index in [2.05, 4.69) is 0 Å². The van der Waals surface area contributed by atoms with E-state index in [1.165, 1.54) is 0 Å². The van der Waals surface area contributed by atoms with Crippen molar-refractivity contribution >= 4 is 0 Å². The van der Waals surface area contributed by atoms with Crippen LogP contribution in [0.15, 0.2) is 42.5 Å². The molecule has 0 saturated heterocycles. The van der Waals surface area contributed by atoms with Crippen LogP contribution in [0.1, 0.15) is 24.0 Å². The predicted octanol–water partition coefficient (Wildman–Crippen LogP) is 3.69. The van der Waals surface area contributed by atoms with Gasteiger partial charge in [0.2, 0.25) is 0 Å². The first-order chi connectivity index (χ1) is 10.8. The van der Waals surface area contributed by atoms with E-state index in [1.807, 2.05) is 30.3 Å². The lowest BCUT2D eigenvalue weighted by Crippen LogP contribution is -2.04. The molecule has 4 heteroatoms. The van der Waals surface area contributed by atoms with Gasteiger partial charge in [-0.3, -0.25) is 0 Å². The molecule has 0 radical (unpaired) electrons. The van der Waals surface area contributed by atoms with Gasteiger partial charge in [0.25, 0.3) is 0 Å². The number of rotatable bonds is 8.